The SMILES string of the molecule is COc1ccc(OC)c(CCNC(=O)C2CC3CCCN3C23C(=O)Nc2ccccc23)c1. The molecule has 3 atom stereocenters. The van der Waals surface area contributed by atoms with Crippen LogP contribution in [-0.4, -0.2) is 50.1 Å². The minimum atomic E-state index is -0.907. The van der Waals surface area contributed by atoms with Gasteiger partial charge in [0.1, 0.15) is 17.0 Å². The molecule has 7 heteroatoms. The molecular formula is C25H29N3O4. The molecule has 2 saturated heterocycles. The summed E-state index contributed by atoms with van der Waals surface area (Å²) < 4.78 is 10.8. The predicted molar refractivity (Wildman–Crippen MR) is 121 cm³/mol. The number of nitrogens with zero attached hydrogens (tertiary/aromatic N) is 1. The number of rotatable bonds is 6. The molecule has 0 bridgehead atoms. The van der Waals surface area contributed by atoms with E-state index in [4.69, 9.17) is 9.47 Å². The van der Waals surface area contributed by atoms with Crippen LogP contribution in [0.1, 0.15) is 30.4 Å². The van der Waals surface area contributed by atoms with Crippen LogP contribution in [0.3, 0.4) is 0 Å². The first kappa shape index (κ1) is 20.8. The van der Waals surface area contributed by atoms with Crippen LogP contribution in [-0.2, 0) is 21.5 Å². The third-order valence-corrected chi connectivity index (χ3v) is 7.27. The molecule has 3 heterocycles. The van der Waals surface area contributed by atoms with E-state index < -0.39 is 11.5 Å². The van der Waals surface area contributed by atoms with Crippen LogP contribution in [0.5, 0.6) is 11.5 Å². The fourth-order valence-corrected chi connectivity index (χ4v) is 5.90. The minimum absolute atomic E-state index is 0.0619. The highest BCUT2D eigenvalue weighted by Crippen LogP contribution is 2.55. The summed E-state index contributed by atoms with van der Waals surface area (Å²) in [6, 6.07) is 13.7. The Morgan fingerprint density at radius 1 is 1.22 bits per heavy atom. The summed E-state index contributed by atoms with van der Waals surface area (Å²) in [5.74, 6) is 0.971. The third-order valence-electron chi connectivity index (χ3n) is 7.27. The average molecular weight is 436 g/mol. The first-order chi connectivity index (χ1) is 15.6. The van der Waals surface area contributed by atoms with Crippen LogP contribution < -0.4 is 20.1 Å². The molecule has 32 heavy (non-hydrogen) atoms. The second-order valence-electron chi connectivity index (χ2n) is 8.76. The van der Waals surface area contributed by atoms with E-state index in [0.29, 0.717) is 19.4 Å². The van der Waals surface area contributed by atoms with Gasteiger partial charge in [-0.2, -0.15) is 0 Å². The second-order valence-corrected chi connectivity index (χ2v) is 8.76. The number of carbonyl (C=O) groups excluding carboxylic acids is 2. The predicted octanol–water partition coefficient (Wildman–Crippen LogP) is 2.69. The summed E-state index contributed by atoms with van der Waals surface area (Å²) in [4.78, 5) is 29.2. The lowest BCUT2D eigenvalue weighted by Gasteiger charge is -2.36. The number of para-hydroxylation sites is 1. The molecule has 168 valence electrons. The molecule has 2 fully saturated rings. The number of benzene rings is 2. The van der Waals surface area contributed by atoms with Crippen molar-refractivity contribution in [2.24, 2.45) is 5.92 Å². The van der Waals surface area contributed by atoms with Crippen LogP contribution in [0.4, 0.5) is 5.69 Å². The van der Waals surface area contributed by atoms with Gasteiger partial charge in [-0.3, -0.25) is 14.5 Å². The van der Waals surface area contributed by atoms with E-state index in [2.05, 4.69) is 15.5 Å². The number of carbonyl (C=O) groups is 2. The van der Waals surface area contributed by atoms with Gasteiger partial charge in [-0.1, -0.05) is 18.2 Å². The number of hydrogen-bond acceptors (Lipinski definition) is 5. The van der Waals surface area contributed by atoms with E-state index in [1.54, 1.807) is 14.2 Å². The van der Waals surface area contributed by atoms with Crippen molar-refractivity contribution in [3.05, 3.63) is 53.6 Å². The van der Waals surface area contributed by atoms with Crippen LogP contribution in [0.15, 0.2) is 42.5 Å². The molecule has 2 N–H and O–H groups in total. The Balaban J connectivity index is 1.38. The lowest BCUT2D eigenvalue weighted by Crippen LogP contribution is -2.54. The van der Waals surface area contributed by atoms with Crippen LogP contribution in [0.25, 0.3) is 0 Å². The maximum absolute atomic E-state index is 13.5. The average Bonchev–Trinajstić information content (AvgIpc) is 3.47. The molecule has 3 unspecified atom stereocenters. The monoisotopic (exact) mass is 435 g/mol. The van der Waals surface area contributed by atoms with Crippen LogP contribution in [0.2, 0.25) is 0 Å². The van der Waals surface area contributed by atoms with E-state index in [0.717, 1.165) is 47.7 Å². The van der Waals surface area contributed by atoms with Crippen molar-refractivity contribution in [3.63, 3.8) is 0 Å². The third kappa shape index (κ3) is 3.06. The first-order valence-corrected chi connectivity index (χ1v) is 11.3. The van der Waals surface area contributed by atoms with Crippen molar-refractivity contribution in [2.45, 2.75) is 37.3 Å². The van der Waals surface area contributed by atoms with Gasteiger partial charge in [0, 0.05) is 23.8 Å². The Hall–Kier alpha value is -3.06. The molecule has 0 radical (unpaired) electrons. The molecule has 2 aromatic rings. The summed E-state index contributed by atoms with van der Waals surface area (Å²) >= 11 is 0. The topological polar surface area (TPSA) is 79.9 Å². The minimum Gasteiger partial charge on any atom is -0.497 e. The van der Waals surface area contributed by atoms with Gasteiger partial charge in [0.15, 0.2) is 0 Å². The number of hydrogen-bond donors (Lipinski definition) is 2. The van der Waals surface area contributed by atoms with Crippen molar-refractivity contribution in [3.8, 4) is 11.5 Å². The maximum Gasteiger partial charge on any atom is 0.250 e. The lowest BCUT2D eigenvalue weighted by atomic mass is 9.78. The fourth-order valence-electron chi connectivity index (χ4n) is 5.90. The smallest absolute Gasteiger partial charge is 0.250 e. The number of nitrogens with one attached hydrogen (secondary N) is 2. The van der Waals surface area contributed by atoms with Gasteiger partial charge < -0.3 is 20.1 Å². The normalized spacial score (nSPS) is 26.0. The molecule has 0 aromatic heterocycles. The van der Waals surface area contributed by atoms with Gasteiger partial charge in [0.25, 0.3) is 0 Å². The number of anilines is 1. The fraction of sp³-hybridized carbons (Fsp3) is 0.440. The summed E-state index contributed by atoms with van der Waals surface area (Å²) in [6.45, 7) is 1.31. The van der Waals surface area contributed by atoms with E-state index in [9.17, 15) is 9.59 Å². The molecule has 2 amide bonds. The van der Waals surface area contributed by atoms with Crippen molar-refractivity contribution in [1.29, 1.82) is 0 Å². The molecule has 3 aliphatic heterocycles. The molecule has 0 aliphatic carbocycles. The van der Waals surface area contributed by atoms with E-state index in [-0.39, 0.29) is 17.9 Å². The van der Waals surface area contributed by atoms with E-state index >= 15 is 0 Å². The van der Waals surface area contributed by atoms with E-state index in [1.807, 2.05) is 42.5 Å². The first-order valence-electron chi connectivity index (χ1n) is 11.3. The van der Waals surface area contributed by atoms with Gasteiger partial charge in [-0.15, -0.1) is 0 Å². The van der Waals surface area contributed by atoms with Gasteiger partial charge >= 0.3 is 0 Å². The largest absolute Gasteiger partial charge is 0.497 e. The van der Waals surface area contributed by atoms with Gasteiger partial charge in [-0.05, 0) is 62.1 Å². The lowest BCUT2D eigenvalue weighted by molar-refractivity contribution is -0.137. The Kier molecular flexibility index (Phi) is 5.29. The van der Waals surface area contributed by atoms with Gasteiger partial charge in [0.2, 0.25) is 11.8 Å². The molecular weight excluding hydrogens is 406 g/mol. The van der Waals surface area contributed by atoms with Crippen LogP contribution >= 0.6 is 0 Å². The highest BCUT2D eigenvalue weighted by Gasteiger charge is 2.65. The molecule has 1 spiro atoms. The Morgan fingerprint density at radius 3 is 2.88 bits per heavy atom. The highest BCUT2D eigenvalue weighted by molar-refractivity contribution is 6.09. The molecule has 7 nitrogen and oxygen atoms in total. The molecule has 2 aromatic carbocycles. The highest BCUT2D eigenvalue weighted by atomic mass is 16.5. The summed E-state index contributed by atoms with van der Waals surface area (Å²) in [5, 5.41) is 6.16. The Bertz CT molecular complexity index is 1060. The molecule has 3 aliphatic rings. The Labute approximate surface area is 188 Å². The zero-order valence-corrected chi connectivity index (χ0v) is 18.5. The standard InChI is InChI=1S/C25H29N3O4/c1-31-18-9-10-22(32-2)16(14-18)11-12-26-23(29)20-15-17-6-5-13-28(17)25(20)19-7-3-4-8-21(19)27-24(25)30/h3-4,7-10,14,17,20H,5-6,11-13,15H2,1-2H3,(H,26,29)(H,27,30). The number of amides is 2. The van der Waals surface area contributed by atoms with Crippen molar-refractivity contribution >= 4 is 17.5 Å². The zero-order chi connectivity index (χ0) is 22.3. The second kappa shape index (κ2) is 8.13. The zero-order valence-electron chi connectivity index (χ0n) is 18.5. The van der Waals surface area contributed by atoms with Crippen LogP contribution in [0, 0.1) is 5.92 Å². The van der Waals surface area contributed by atoms with Crippen molar-refractivity contribution in [1.82, 2.24) is 10.2 Å². The number of methoxy groups -OCH3 is 2. The van der Waals surface area contributed by atoms with Gasteiger partial charge in [-0.25, -0.2) is 0 Å². The van der Waals surface area contributed by atoms with Gasteiger partial charge in [0.05, 0.1) is 20.1 Å². The maximum atomic E-state index is 13.5. The van der Waals surface area contributed by atoms with Crippen molar-refractivity contribution < 1.29 is 19.1 Å². The summed E-state index contributed by atoms with van der Waals surface area (Å²) in [6.07, 6.45) is 3.41. The summed E-state index contributed by atoms with van der Waals surface area (Å²) in [5.41, 5.74) is 1.82. The van der Waals surface area contributed by atoms with Crippen molar-refractivity contribution in [2.75, 3.05) is 32.6 Å². The quantitative estimate of drug-likeness (QED) is 0.729. The number of fused-ring (bicyclic) bond motifs is 4. The molecule has 0 saturated carbocycles. The summed E-state index contributed by atoms with van der Waals surface area (Å²) in [7, 11) is 3.26. The van der Waals surface area contributed by atoms with E-state index in [1.165, 1.54) is 0 Å². The molecule has 5 rings (SSSR count). The number of ether oxygens (including phenoxy) is 2. The Morgan fingerprint density at radius 2 is 2.06 bits per heavy atom.